The topological polar surface area (TPSA) is 106 Å². The molecule has 164 valence electrons. The SMILES string of the molecule is O=C(OCC(=O)N1CCN(c2ccc([N+](=O)[O-])cc2)CC1)c1ccc2nc(Cl)ccc2c1. The fraction of sp³-hybridized carbons (Fsp3) is 0.227. The van der Waals surface area contributed by atoms with Crippen LogP contribution in [0.4, 0.5) is 11.4 Å². The molecule has 0 N–H and O–H groups in total. The van der Waals surface area contributed by atoms with Crippen LogP contribution in [0.5, 0.6) is 0 Å². The van der Waals surface area contributed by atoms with Crippen LogP contribution < -0.4 is 4.90 Å². The lowest BCUT2D eigenvalue weighted by Gasteiger charge is -2.36. The number of carbonyl (C=O) groups is 2. The monoisotopic (exact) mass is 454 g/mol. The smallest absolute Gasteiger partial charge is 0.338 e. The van der Waals surface area contributed by atoms with Gasteiger partial charge in [-0.15, -0.1) is 0 Å². The van der Waals surface area contributed by atoms with Crippen molar-refractivity contribution in [1.29, 1.82) is 0 Å². The molecule has 10 heteroatoms. The lowest BCUT2D eigenvalue weighted by atomic mass is 10.1. The van der Waals surface area contributed by atoms with Crippen LogP contribution in [-0.2, 0) is 9.53 Å². The van der Waals surface area contributed by atoms with Gasteiger partial charge >= 0.3 is 5.97 Å². The number of nitrogens with zero attached hydrogens (tertiary/aromatic N) is 4. The molecule has 3 aromatic rings. The van der Waals surface area contributed by atoms with Crippen LogP contribution in [0.1, 0.15) is 10.4 Å². The van der Waals surface area contributed by atoms with Crippen molar-refractivity contribution in [1.82, 2.24) is 9.88 Å². The Hall–Kier alpha value is -3.72. The molecule has 0 aliphatic carbocycles. The third-order valence-electron chi connectivity index (χ3n) is 5.28. The summed E-state index contributed by atoms with van der Waals surface area (Å²) in [6.07, 6.45) is 0. The highest BCUT2D eigenvalue weighted by Gasteiger charge is 2.23. The standard InChI is InChI=1S/C22H19ClN4O5/c23-20-8-2-15-13-16(1-7-19(15)24-20)22(29)32-14-21(28)26-11-9-25(10-12-26)17-3-5-18(6-4-17)27(30)31/h1-8,13H,9-12,14H2. The van der Waals surface area contributed by atoms with Gasteiger partial charge in [-0.3, -0.25) is 14.9 Å². The second-order valence-electron chi connectivity index (χ2n) is 7.26. The molecule has 9 nitrogen and oxygen atoms in total. The zero-order valence-electron chi connectivity index (χ0n) is 16.9. The maximum Gasteiger partial charge on any atom is 0.338 e. The zero-order chi connectivity index (χ0) is 22.7. The van der Waals surface area contributed by atoms with Gasteiger partial charge in [0.05, 0.1) is 16.0 Å². The number of nitro groups is 1. The largest absolute Gasteiger partial charge is 0.452 e. The summed E-state index contributed by atoms with van der Waals surface area (Å²) in [6.45, 7) is 1.76. The normalized spacial score (nSPS) is 13.8. The Morgan fingerprint density at radius 3 is 2.44 bits per heavy atom. The number of esters is 1. The summed E-state index contributed by atoms with van der Waals surface area (Å²) < 4.78 is 5.21. The number of non-ortho nitro benzene ring substituents is 1. The number of amides is 1. The summed E-state index contributed by atoms with van der Waals surface area (Å²) in [5.41, 5.74) is 1.89. The molecule has 1 amide bonds. The number of hydrogen-bond acceptors (Lipinski definition) is 7. The van der Waals surface area contributed by atoms with Gasteiger partial charge in [-0.1, -0.05) is 11.6 Å². The van der Waals surface area contributed by atoms with Crippen molar-refractivity contribution in [2.45, 2.75) is 0 Å². The van der Waals surface area contributed by atoms with Crippen molar-refractivity contribution in [3.8, 4) is 0 Å². The summed E-state index contributed by atoms with van der Waals surface area (Å²) in [5.74, 6) is -0.851. The van der Waals surface area contributed by atoms with Gasteiger partial charge in [-0.25, -0.2) is 9.78 Å². The summed E-state index contributed by atoms with van der Waals surface area (Å²) in [4.78, 5) is 43.0. The number of carbonyl (C=O) groups excluding carboxylic acids is 2. The Bertz CT molecular complexity index is 1180. The highest BCUT2D eigenvalue weighted by atomic mass is 35.5. The van der Waals surface area contributed by atoms with E-state index in [-0.39, 0.29) is 18.2 Å². The molecule has 0 spiro atoms. The fourth-order valence-electron chi connectivity index (χ4n) is 3.53. The minimum atomic E-state index is -0.584. The summed E-state index contributed by atoms with van der Waals surface area (Å²) >= 11 is 5.87. The molecule has 1 saturated heterocycles. The maximum atomic E-state index is 12.5. The van der Waals surface area contributed by atoms with Crippen LogP contribution in [0, 0.1) is 10.1 Å². The average Bonchev–Trinajstić information content (AvgIpc) is 2.82. The highest BCUT2D eigenvalue weighted by molar-refractivity contribution is 6.29. The number of anilines is 1. The van der Waals surface area contributed by atoms with Crippen LogP contribution in [0.15, 0.2) is 54.6 Å². The number of benzene rings is 2. The van der Waals surface area contributed by atoms with E-state index in [1.165, 1.54) is 12.1 Å². The van der Waals surface area contributed by atoms with E-state index < -0.39 is 10.9 Å². The predicted octanol–water partition coefficient (Wildman–Crippen LogP) is 3.30. The molecule has 2 heterocycles. The molecule has 0 bridgehead atoms. The van der Waals surface area contributed by atoms with E-state index in [9.17, 15) is 19.7 Å². The van der Waals surface area contributed by atoms with Gasteiger partial charge in [0.2, 0.25) is 0 Å². The van der Waals surface area contributed by atoms with Crippen molar-refractivity contribution >= 4 is 45.8 Å². The van der Waals surface area contributed by atoms with Crippen LogP contribution in [0.25, 0.3) is 10.9 Å². The van der Waals surface area contributed by atoms with E-state index >= 15 is 0 Å². The third-order valence-corrected chi connectivity index (χ3v) is 5.49. The first kappa shape index (κ1) is 21.5. The van der Waals surface area contributed by atoms with E-state index in [2.05, 4.69) is 9.88 Å². The highest BCUT2D eigenvalue weighted by Crippen LogP contribution is 2.21. The van der Waals surface area contributed by atoms with Gasteiger partial charge in [0, 0.05) is 49.4 Å². The molecule has 0 unspecified atom stereocenters. The second kappa shape index (κ2) is 9.19. The van der Waals surface area contributed by atoms with Crippen LogP contribution in [-0.4, -0.2) is 59.5 Å². The van der Waals surface area contributed by atoms with E-state index in [1.807, 2.05) is 0 Å². The van der Waals surface area contributed by atoms with E-state index in [1.54, 1.807) is 47.4 Å². The van der Waals surface area contributed by atoms with Crippen molar-refractivity contribution in [3.05, 3.63) is 75.4 Å². The summed E-state index contributed by atoms with van der Waals surface area (Å²) in [6, 6.07) is 14.6. The molecule has 1 fully saturated rings. The van der Waals surface area contributed by atoms with Gasteiger partial charge in [0.1, 0.15) is 5.15 Å². The quantitative estimate of drug-likeness (QED) is 0.252. The third kappa shape index (κ3) is 4.78. The van der Waals surface area contributed by atoms with Crippen molar-refractivity contribution in [2.24, 2.45) is 0 Å². The number of rotatable bonds is 5. The molecular formula is C22H19ClN4O5. The van der Waals surface area contributed by atoms with Gasteiger partial charge in [0.25, 0.3) is 11.6 Å². The van der Waals surface area contributed by atoms with Crippen molar-refractivity contribution in [2.75, 3.05) is 37.7 Å². The number of hydrogen-bond donors (Lipinski definition) is 0. The van der Waals surface area contributed by atoms with E-state index in [4.69, 9.17) is 16.3 Å². The number of halogens is 1. The lowest BCUT2D eigenvalue weighted by Crippen LogP contribution is -2.49. The second-order valence-corrected chi connectivity index (χ2v) is 7.65. The van der Waals surface area contributed by atoms with Crippen LogP contribution >= 0.6 is 11.6 Å². The van der Waals surface area contributed by atoms with Gasteiger partial charge in [-0.05, 0) is 42.5 Å². The van der Waals surface area contributed by atoms with Gasteiger partial charge < -0.3 is 14.5 Å². The van der Waals surface area contributed by atoms with Gasteiger partial charge in [-0.2, -0.15) is 0 Å². The predicted molar refractivity (Wildman–Crippen MR) is 119 cm³/mol. The Morgan fingerprint density at radius 1 is 1.03 bits per heavy atom. The van der Waals surface area contributed by atoms with E-state index in [0.29, 0.717) is 42.4 Å². The lowest BCUT2D eigenvalue weighted by molar-refractivity contribution is -0.384. The maximum absolute atomic E-state index is 12.5. The Morgan fingerprint density at radius 2 is 1.75 bits per heavy atom. The number of fused-ring (bicyclic) bond motifs is 1. The fourth-order valence-corrected chi connectivity index (χ4v) is 3.68. The Labute approximate surface area is 188 Å². The first-order valence-corrected chi connectivity index (χ1v) is 10.3. The number of ether oxygens (including phenoxy) is 1. The van der Waals surface area contributed by atoms with Gasteiger partial charge in [0.15, 0.2) is 6.61 Å². The Balaban J connectivity index is 1.29. The number of aromatic nitrogens is 1. The number of piperazine rings is 1. The average molecular weight is 455 g/mol. The molecule has 1 aliphatic heterocycles. The van der Waals surface area contributed by atoms with Crippen LogP contribution in [0.2, 0.25) is 5.15 Å². The van der Waals surface area contributed by atoms with Crippen molar-refractivity contribution < 1.29 is 19.2 Å². The molecule has 1 aliphatic rings. The summed E-state index contributed by atoms with van der Waals surface area (Å²) in [5, 5.41) is 11.9. The minimum Gasteiger partial charge on any atom is -0.452 e. The molecular weight excluding hydrogens is 436 g/mol. The zero-order valence-corrected chi connectivity index (χ0v) is 17.7. The first-order valence-electron chi connectivity index (χ1n) is 9.91. The Kier molecular flexibility index (Phi) is 6.18. The minimum absolute atomic E-state index is 0.0378. The van der Waals surface area contributed by atoms with Crippen LogP contribution in [0.3, 0.4) is 0 Å². The molecule has 0 radical (unpaired) electrons. The van der Waals surface area contributed by atoms with Crippen molar-refractivity contribution in [3.63, 3.8) is 0 Å². The van der Waals surface area contributed by atoms with E-state index in [0.717, 1.165) is 11.1 Å². The molecule has 4 rings (SSSR count). The number of pyridine rings is 1. The molecule has 2 aromatic carbocycles. The first-order chi connectivity index (χ1) is 15.4. The molecule has 0 saturated carbocycles. The molecule has 32 heavy (non-hydrogen) atoms. The molecule has 0 atom stereocenters. The molecule has 1 aromatic heterocycles. The number of nitro benzene ring substituents is 1. The summed E-state index contributed by atoms with van der Waals surface area (Å²) in [7, 11) is 0.